The molecule has 150 valence electrons. The zero-order valence-corrected chi connectivity index (χ0v) is 16.9. The Hall–Kier alpha value is -2.92. The van der Waals surface area contributed by atoms with E-state index in [1.165, 1.54) is 5.56 Å². The molecule has 1 fully saturated rings. The maximum Gasteiger partial charge on any atom is 0.253 e. The predicted octanol–water partition coefficient (Wildman–Crippen LogP) is 3.65. The molecule has 5 nitrogen and oxygen atoms in total. The van der Waals surface area contributed by atoms with Crippen molar-refractivity contribution >= 4 is 5.91 Å². The minimum atomic E-state index is 0.0777. The number of piperidine rings is 1. The summed E-state index contributed by atoms with van der Waals surface area (Å²) < 4.78 is 1.78. The first-order chi connectivity index (χ1) is 14.2. The lowest BCUT2D eigenvalue weighted by molar-refractivity contribution is 0.0619. The molecule has 0 aliphatic carbocycles. The largest absolute Gasteiger partial charge is 0.337 e. The van der Waals surface area contributed by atoms with Gasteiger partial charge in [-0.3, -0.25) is 4.79 Å². The van der Waals surface area contributed by atoms with Crippen LogP contribution in [-0.4, -0.2) is 58.2 Å². The van der Waals surface area contributed by atoms with Crippen molar-refractivity contribution in [2.24, 2.45) is 0 Å². The summed E-state index contributed by atoms with van der Waals surface area (Å²) in [7, 11) is 1.94. The van der Waals surface area contributed by atoms with Gasteiger partial charge in [-0.05, 0) is 55.6 Å². The Morgan fingerprint density at radius 3 is 2.79 bits per heavy atom. The summed E-state index contributed by atoms with van der Waals surface area (Å²) in [6.45, 7) is 3.09. The number of carbonyl (C=O) groups is 1. The van der Waals surface area contributed by atoms with Crippen LogP contribution < -0.4 is 0 Å². The monoisotopic (exact) mass is 388 g/mol. The third kappa shape index (κ3) is 4.74. The van der Waals surface area contributed by atoms with E-state index in [1.54, 1.807) is 10.9 Å². The van der Waals surface area contributed by atoms with E-state index in [-0.39, 0.29) is 11.9 Å². The molecule has 4 rings (SSSR count). The van der Waals surface area contributed by atoms with Gasteiger partial charge in [0.2, 0.25) is 0 Å². The van der Waals surface area contributed by atoms with Crippen LogP contribution in [0.2, 0.25) is 0 Å². The van der Waals surface area contributed by atoms with Gasteiger partial charge in [-0.1, -0.05) is 36.4 Å². The van der Waals surface area contributed by atoms with Gasteiger partial charge in [-0.25, -0.2) is 4.68 Å². The first-order valence-electron chi connectivity index (χ1n) is 10.3. The van der Waals surface area contributed by atoms with E-state index in [4.69, 9.17) is 0 Å². The normalized spacial score (nSPS) is 17.2. The summed E-state index contributed by atoms with van der Waals surface area (Å²) in [6.07, 6.45) is 6.87. The maximum absolute atomic E-state index is 13.1. The molecule has 1 amide bonds. The molecule has 2 aromatic carbocycles. The van der Waals surface area contributed by atoms with Gasteiger partial charge in [-0.2, -0.15) is 5.10 Å². The molecule has 0 bridgehead atoms. The summed E-state index contributed by atoms with van der Waals surface area (Å²) in [5.41, 5.74) is 2.98. The molecular formula is C24H28N4O. The summed E-state index contributed by atoms with van der Waals surface area (Å²) in [5, 5.41) is 4.26. The van der Waals surface area contributed by atoms with Crippen molar-refractivity contribution in [3.05, 3.63) is 84.2 Å². The molecule has 1 atom stereocenters. The number of hydrogen-bond donors (Lipinski definition) is 0. The topological polar surface area (TPSA) is 41.4 Å². The Labute approximate surface area is 172 Å². The van der Waals surface area contributed by atoms with E-state index in [0.29, 0.717) is 5.56 Å². The lowest BCUT2D eigenvalue weighted by atomic mass is 10.0. The van der Waals surface area contributed by atoms with Crippen LogP contribution in [0.25, 0.3) is 5.69 Å². The second-order valence-corrected chi connectivity index (χ2v) is 7.75. The average Bonchev–Trinajstić information content (AvgIpc) is 3.33. The zero-order valence-electron chi connectivity index (χ0n) is 16.9. The van der Waals surface area contributed by atoms with Crippen LogP contribution in [0, 0.1) is 0 Å². The Balaban J connectivity index is 1.39. The predicted molar refractivity (Wildman–Crippen MR) is 115 cm³/mol. The molecular weight excluding hydrogens is 360 g/mol. The van der Waals surface area contributed by atoms with Gasteiger partial charge >= 0.3 is 0 Å². The number of carbonyl (C=O) groups excluding carboxylic acids is 1. The van der Waals surface area contributed by atoms with Crippen LogP contribution in [0.1, 0.15) is 28.8 Å². The van der Waals surface area contributed by atoms with Crippen molar-refractivity contribution in [2.45, 2.75) is 25.3 Å². The average molecular weight is 389 g/mol. The lowest BCUT2D eigenvalue weighted by Crippen LogP contribution is -2.49. The first kappa shape index (κ1) is 19.4. The van der Waals surface area contributed by atoms with Crippen molar-refractivity contribution in [1.82, 2.24) is 19.6 Å². The summed E-state index contributed by atoms with van der Waals surface area (Å²) in [5.74, 6) is 0.0777. The molecule has 1 aliphatic rings. The second kappa shape index (κ2) is 9.05. The van der Waals surface area contributed by atoms with Crippen molar-refractivity contribution in [3.63, 3.8) is 0 Å². The number of amides is 1. The smallest absolute Gasteiger partial charge is 0.253 e. The fourth-order valence-corrected chi connectivity index (χ4v) is 4.05. The van der Waals surface area contributed by atoms with Crippen molar-refractivity contribution in [3.8, 4) is 5.69 Å². The minimum absolute atomic E-state index is 0.0777. The van der Waals surface area contributed by atoms with Crippen LogP contribution in [0.5, 0.6) is 0 Å². The molecule has 0 saturated carbocycles. The Morgan fingerprint density at radius 2 is 2.00 bits per heavy atom. The fraction of sp³-hybridized carbons (Fsp3) is 0.333. The standard InChI is InChI=1S/C24H28N4O/c1-26(24(29)21-10-5-11-22(18-21)28-16-7-14-25-28)23-12-6-15-27(19-23)17-13-20-8-3-2-4-9-20/h2-5,7-11,14,16,18,23H,6,12-13,15,17,19H2,1H3/t23-/m0/s1. The van der Waals surface area contributed by atoms with Crippen molar-refractivity contribution < 1.29 is 4.79 Å². The Bertz CT molecular complexity index is 923. The molecule has 1 aromatic heterocycles. The number of aromatic nitrogens is 2. The van der Waals surface area contributed by atoms with Gasteiger partial charge < -0.3 is 9.80 Å². The third-order valence-corrected chi connectivity index (χ3v) is 5.77. The van der Waals surface area contributed by atoms with Gasteiger partial charge in [0.1, 0.15) is 0 Å². The summed E-state index contributed by atoms with van der Waals surface area (Å²) in [6, 6.07) is 20.4. The molecule has 29 heavy (non-hydrogen) atoms. The molecule has 3 aromatic rings. The molecule has 0 N–H and O–H groups in total. The van der Waals surface area contributed by atoms with Gasteiger partial charge in [-0.15, -0.1) is 0 Å². The Morgan fingerprint density at radius 1 is 1.14 bits per heavy atom. The fourth-order valence-electron chi connectivity index (χ4n) is 4.05. The highest BCUT2D eigenvalue weighted by atomic mass is 16.2. The minimum Gasteiger partial charge on any atom is -0.337 e. The highest BCUT2D eigenvalue weighted by molar-refractivity contribution is 5.94. The molecule has 5 heteroatoms. The summed E-state index contributed by atoms with van der Waals surface area (Å²) in [4.78, 5) is 17.5. The van der Waals surface area contributed by atoms with E-state index in [0.717, 1.165) is 44.6 Å². The van der Waals surface area contributed by atoms with Crippen LogP contribution in [0.3, 0.4) is 0 Å². The molecule has 0 radical (unpaired) electrons. The van der Waals surface area contributed by atoms with Gasteiger partial charge in [0.15, 0.2) is 0 Å². The molecule has 1 saturated heterocycles. The van der Waals surface area contributed by atoms with E-state index >= 15 is 0 Å². The number of likely N-dealkylation sites (N-methyl/N-ethyl adjacent to an activating group) is 1. The molecule has 0 unspecified atom stereocenters. The summed E-state index contributed by atoms with van der Waals surface area (Å²) >= 11 is 0. The van der Waals surface area contributed by atoms with E-state index in [2.05, 4.69) is 40.3 Å². The molecule has 0 spiro atoms. The van der Waals surface area contributed by atoms with Crippen LogP contribution in [0.15, 0.2) is 73.1 Å². The number of rotatable bonds is 6. The highest BCUT2D eigenvalue weighted by Gasteiger charge is 2.26. The van der Waals surface area contributed by atoms with Crippen LogP contribution >= 0.6 is 0 Å². The molecule has 1 aliphatic heterocycles. The maximum atomic E-state index is 13.1. The van der Waals surface area contributed by atoms with Crippen molar-refractivity contribution in [1.29, 1.82) is 0 Å². The van der Waals surface area contributed by atoms with Gasteiger partial charge in [0, 0.05) is 44.1 Å². The van der Waals surface area contributed by atoms with Crippen LogP contribution in [-0.2, 0) is 6.42 Å². The lowest BCUT2D eigenvalue weighted by Gasteiger charge is -2.37. The third-order valence-electron chi connectivity index (χ3n) is 5.77. The number of likely N-dealkylation sites (tertiary alicyclic amines) is 1. The quantitative estimate of drug-likeness (QED) is 0.647. The molecule has 2 heterocycles. The first-order valence-corrected chi connectivity index (χ1v) is 10.3. The van der Waals surface area contributed by atoms with Gasteiger partial charge in [0.05, 0.1) is 5.69 Å². The zero-order chi connectivity index (χ0) is 20.1. The van der Waals surface area contributed by atoms with Crippen LogP contribution in [0.4, 0.5) is 0 Å². The van der Waals surface area contributed by atoms with E-state index < -0.39 is 0 Å². The number of nitrogens with zero attached hydrogens (tertiary/aromatic N) is 4. The SMILES string of the molecule is CN(C(=O)c1cccc(-n2cccn2)c1)[C@H]1CCCN(CCc2ccccc2)C1. The number of hydrogen-bond acceptors (Lipinski definition) is 3. The van der Waals surface area contributed by atoms with Crippen molar-refractivity contribution in [2.75, 3.05) is 26.7 Å². The van der Waals surface area contributed by atoms with E-state index in [9.17, 15) is 4.79 Å². The second-order valence-electron chi connectivity index (χ2n) is 7.75. The Kier molecular flexibility index (Phi) is 6.06. The van der Waals surface area contributed by atoms with E-state index in [1.807, 2.05) is 48.5 Å². The number of benzene rings is 2. The highest BCUT2D eigenvalue weighted by Crippen LogP contribution is 2.19. The van der Waals surface area contributed by atoms with Gasteiger partial charge in [0.25, 0.3) is 5.91 Å².